The molecule has 8 heteroatoms. The molecular weight excluding hydrogens is 366 g/mol. The number of hydrogen-bond donors (Lipinski definition) is 0. The maximum Gasteiger partial charge on any atom is 0.272 e. The average molecular weight is 393 g/mol. The van der Waals surface area contributed by atoms with Gasteiger partial charge >= 0.3 is 0 Å². The molecule has 0 unspecified atom stereocenters. The topological polar surface area (TPSA) is 69.9 Å². The predicted molar refractivity (Wildman–Crippen MR) is 114 cm³/mol. The first-order valence-corrected chi connectivity index (χ1v) is 10.2. The van der Waals surface area contributed by atoms with Gasteiger partial charge in [-0.3, -0.25) is 9.20 Å². The Bertz CT molecular complexity index is 986. The molecule has 0 saturated carbocycles. The molecule has 0 bridgehead atoms. The summed E-state index contributed by atoms with van der Waals surface area (Å²) in [5.74, 6) is 1.79. The molecule has 0 spiro atoms. The zero-order valence-electron chi connectivity index (χ0n) is 17.2. The van der Waals surface area contributed by atoms with Gasteiger partial charge in [-0.2, -0.15) is 0 Å². The Morgan fingerprint density at radius 3 is 2.45 bits per heavy atom. The minimum Gasteiger partial charge on any atom is -0.356 e. The van der Waals surface area contributed by atoms with Gasteiger partial charge in [0.1, 0.15) is 11.3 Å². The van der Waals surface area contributed by atoms with Gasteiger partial charge < -0.3 is 14.7 Å². The van der Waals surface area contributed by atoms with Crippen molar-refractivity contribution in [2.24, 2.45) is 0 Å². The number of carbonyl (C=O) groups excluding carboxylic acids is 1. The molecule has 0 radical (unpaired) electrons. The Hall–Kier alpha value is -3.16. The monoisotopic (exact) mass is 393 g/mol. The zero-order valence-corrected chi connectivity index (χ0v) is 17.2. The molecular formula is C21H27N7O. The number of aryl methyl sites for hydroxylation is 1. The highest BCUT2D eigenvalue weighted by Crippen LogP contribution is 2.19. The van der Waals surface area contributed by atoms with E-state index in [1.807, 2.05) is 52.8 Å². The van der Waals surface area contributed by atoms with Gasteiger partial charge in [0.05, 0.1) is 5.69 Å². The Morgan fingerprint density at radius 1 is 1.03 bits per heavy atom. The fraction of sp³-hybridized carbons (Fsp3) is 0.429. The molecule has 4 heterocycles. The van der Waals surface area contributed by atoms with Crippen molar-refractivity contribution >= 4 is 23.2 Å². The average Bonchev–Trinajstić information content (AvgIpc) is 3.10. The van der Waals surface area contributed by atoms with E-state index in [-0.39, 0.29) is 5.91 Å². The predicted octanol–water partition coefficient (Wildman–Crippen LogP) is 2.24. The van der Waals surface area contributed by atoms with Crippen LogP contribution in [0.15, 0.2) is 36.5 Å². The highest BCUT2D eigenvalue weighted by Gasteiger charge is 2.26. The second kappa shape index (κ2) is 8.06. The number of carbonyl (C=O) groups is 1. The minimum absolute atomic E-state index is 0.0313. The van der Waals surface area contributed by atoms with E-state index in [9.17, 15) is 4.79 Å². The van der Waals surface area contributed by atoms with Gasteiger partial charge in [0.25, 0.3) is 5.91 Å². The number of amides is 1. The number of rotatable bonds is 5. The summed E-state index contributed by atoms with van der Waals surface area (Å²) >= 11 is 0. The maximum atomic E-state index is 13.1. The Balaban J connectivity index is 1.44. The van der Waals surface area contributed by atoms with Crippen LogP contribution in [0, 0.1) is 6.92 Å². The van der Waals surface area contributed by atoms with Crippen molar-refractivity contribution in [3.8, 4) is 0 Å². The minimum atomic E-state index is 0.0313. The Morgan fingerprint density at radius 2 is 1.79 bits per heavy atom. The molecule has 1 aliphatic heterocycles. The first-order chi connectivity index (χ1) is 14.1. The van der Waals surface area contributed by atoms with Gasteiger partial charge in [-0.1, -0.05) is 6.07 Å². The maximum absolute atomic E-state index is 13.1. The number of fused-ring (bicyclic) bond motifs is 1. The Labute approximate surface area is 170 Å². The summed E-state index contributed by atoms with van der Waals surface area (Å²) in [5, 5.41) is 8.79. The van der Waals surface area contributed by atoms with Crippen LogP contribution < -0.4 is 9.80 Å². The third-order valence-corrected chi connectivity index (χ3v) is 5.52. The summed E-state index contributed by atoms with van der Waals surface area (Å²) in [7, 11) is 0. The lowest BCUT2D eigenvalue weighted by Gasteiger charge is -2.35. The number of anilines is 2. The van der Waals surface area contributed by atoms with E-state index in [1.165, 1.54) is 0 Å². The number of hydrogen-bond acceptors (Lipinski definition) is 6. The van der Waals surface area contributed by atoms with Crippen molar-refractivity contribution in [3.05, 3.63) is 47.9 Å². The number of nitrogens with zero attached hydrogens (tertiary/aromatic N) is 7. The van der Waals surface area contributed by atoms with E-state index in [0.29, 0.717) is 18.8 Å². The standard InChI is InChI=1S/C21H27N7O/c1-4-25(5-2)18-9-10-19(24-23-18)26-12-14-27(15-13-26)21(29)20-16(3)22-17-8-6-7-11-28(17)20/h6-11H,4-5,12-15H2,1-3H3. The second-order valence-corrected chi connectivity index (χ2v) is 7.18. The number of piperazine rings is 1. The number of pyridine rings is 1. The first kappa shape index (κ1) is 19.2. The second-order valence-electron chi connectivity index (χ2n) is 7.18. The highest BCUT2D eigenvalue weighted by atomic mass is 16.2. The lowest BCUT2D eigenvalue weighted by Crippen LogP contribution is -2.49. The summed E-state index contributed by atoms with van der Waals surface area (Å²) < 4.78 is 1.88. The van der Waals surface area contributed by atoms with Crippen molar-refractivity contribution in [2.45, 2.75) is 20.8 Å². The van der Waals surface area contributed by atoms with Crippen molar-refractivity contribution in [3.63, 3.8) is 0 Å². The quantitative estimate of drug-likeness (QED) is 0.662. The van der Waals surface area contributed by atoms with E-state index in [4.69, 9.17) is 0 Å². The fourth-order valence-corrected chi connectivity index (χ4v) is 3.86. The van der Waals surface area contributed by atoms with Crippen molar-refractivity contribution < 1.29 is 4.79 Å². The molecule has 3 aromatic heterocycles. The molecule has 0 aromatic carbocycles. The van der Waals surface area contributed by atoms with Crippen molar-refractivity contribution in [1.29, 1.82) is 0 Å². The molecule has 3 aromatic rings. The van der Waals surface area contributed by atoms with Gasteiger partial charge in [-0.25, -0.2) is 4.98 Å². The Kier molecular flexibility index (Phi) is 5.33. The van der Waals surface area contributed by atoms with Crippen LogP contribution in [0.25, 0.3) is 5.65 Å². The van der Waals surface area contributed by atoms with Crippen LogP contribution >= 0.6 is 0 Å². The normalized spacial score (nSPS) is 14.4. The summed E-state index contributed by atoms with van der Waals surface area (Å²) in [4.78, 5) is 23.9. The number of aromatic nitrogens is 4. The third-order valence-electron chi connectivity index (χ3n) is 5.52. The molecule has 0 atom stereocenters. The summed E-state index contributed by atoms with van der Waals surface area (Å²) in [6, 6.07) is 9.81. The van der Waals surface area contributed by atoms with Gasteiger partial charge in [0.15, 0.2) is 11.6 Å². The van der Waals surface area contributed by atoms with Crippen LogP contribution in [0.3, 0.4) is 0 Å². The fourth-order valence-electron chi connectivity index (χ4n) is 3.86. The van der Waals surface area contributed by atoms with Gasteiger partial charge in [-0.05, 0) is 45.0 Å². The summed E-state index contributed by atoms with van der Waals surface area (Å²) in [5.41, 5.74) is 2.22. The van der Waals surface area contributed by atoms with E-state index in [2.05, 4.69) is 38.8 Å². The molecule has 0 aliphatic carbocycles. The van der Waals surface area contributed by atoms with Crippen LogP contribution in [0.1, 0.15) is 30.0 Å². The zero-order chi connectivity index (χ0) is 20.4. The summed E-state index contributed by atoms with van der Waals surface area (Å²) in [6.45, 7) is 10.7. The molecule has 152 valence electrons. The van der Waals surface area contributed by atoms with Crippen LogP contribution in [-0.4, -0.2) is 69.7 Å². The molecule has 1 amide bonds. The van der Waals surface area contributed by atoms with Crippen molar-refractivity contribution in [1.82, 2.24) is 24.5 Å². The largest absolute Gasteiger partial charge is 0.356 e. The van der Waals surface area contributed by atoms with E-state index in [1.54, 1.807) is 0 Å². The van der Waals surface area contributed by atoms with Crippen LogP contribution in [0.2, 0.25) is 0 Å². The molecule has 1 saturated heterocycles. The first-order valence-electron chi connectivity index (χ1n) is 10.2. The number of imidazole rings is 1. The van der Waals surface area contributed by atoms with E-state index in [0.717, 1.165) is 49.2 Å². The molecule has 8 nitrogen and oxygen atoms in total. The van der Waals surface area contributed by atoms with Crippen molar-refractivity contribution in [2.75, 3.05) is 49.1 Å². The van der Waals surface area contributed by atoms with Gasteiger partial charge in [0.2, 0.25) is 0 Å². The van der Waals surface area contributed by atoms with Crippen LogP contribution in [0.5, 0.6) is 0 Å². The molecule has 29 heavy (non-hydrogen) atoms. The third kappa shape index (κ3) is 3.62. The SMILES string of the molecule is CCN(CC)c1ccc(N2CCN(C(=O)c3c(C)nc4ccccn34)CC2)nn1. The van der Waals surface area contributed by atoms with Gasteiger partial charge in [0, 0.05) is 45.5 Å². The van der Waals surface area contributed by atoms with E-state index >= 15 is 0 Å². The lowest BCUT2D eigenvalue weighted by atomic mass is 10.2. The molecule has 0 N–H and O–H groups in total. The lowest BCUT2D eigenvalue weighted by molar-refractivity contribution is 0.0738. The van der Waals surface area contributed by atoms with Crippen LogP contribution in [-0.2, 0) is 0 Å². The summed E-state index contributed by atoms with van der Waals surface area (Å²) in [6.07, 6.45) is 1.89. The van der Waals surface area contributed by atoms with E-state index < -0.39 is 0 Å². The van der Waals surface area contributed by atoms with Crippen LogP contribution in [0.4, 0.5) is 11.6 Å². The van der Waals surface area contributed by atoms with Gasteiger partial charge in [-0.15, -0.1) is 10.2 Å². The smallest absolute Gasteiger partial charge is 0.272 e. The molecule has 1 fully saturated rings. The molecule has 4 rings (SSSR count). The molecule has 1 aliphatic rings. The highest BCUT2D eigenvalue weighted by molar-refractivity contribution is 5.94.